The molecule has 0 aromatic heterocycles. The lowest BCUT2D eigenvalue weighted by Gasteiger charge is -2.17. The molecule has 0 N–H and O–H groups in total. The summed E-state index contributed by atoms with van der Waals surface area (Å²) in [6, 6.07) is 17.4. The lowest BCUT2D eigenvalue weighted by atomic mass is 10.1. The Morgan fingerprint density at radius 3 is 2.32 bits per heavy atom. The number of carbonyl (C=O) groups is 1. The van der Waals surface area contributed by atoms with Gasteiger partial charge in [-0.3, -0.25) is 0 Å². The lowest BCUT2D eigenvalue weighted by molar-refractivity contribution is -0.142. The van der Waals surface area contributed by atoms with E-state index >= 15 is 0 Å². The van der Waals surface area contributed by atoms with Crippen molar-refractivity contribution in [2.75, 3.05) is 13.2 Å². The van der Waals surface area contributed by atoms with Gasteiger partial charge in [0.15, 0.2) is 5.79 Å². The number of esters is 1. The third-order valence-electron chi connectivity index (χ3n) is 3.88. The van der Waals surface area contributed by atoms with E-state index in [1.54, 1.807) is 12.1 Å². The molecular formula is C21H22O4. The van der Waals surface area contributed by atoms with Crippen molar-refractivity contribution in [3.05, 3.63) is 71.3 Å². The average Bonchev–Trinajstić information content (AvgIpc) is 2.98. The maximum atomic E-state index is 12.1. The Bertz CT molecular complexity index is 732. The Kier molecular flexibility index (Phi) is 5.31. The fraction of sp³-hybridized carbons (Fsp3) is 0.286. The summed E-state index contributed by atoms with van der Waals surface area (Å²) in [6.45, 7) is 4.31. The predicted octanol–water partition coefficient (Wildman–Crippen LogP) is 4.17. The molecule has 4 nitrogen and oxygen atoms in total. The third-order valence-corrected chi connectivity index (χ3v) is 3.88. The molecule has 2 aromatic rings. The molecule has 130 valence electrons. The molecule has 3 rings (SSSR count). The number of rotatable bonds is 5. The molecule has 0 saturated carbocycles. The van der Waals surface area contributed by atoms with E-state index in [1.165, 1.54) is 0 Å². The molecule has 1 saturated heterocycles. The molecule has 1 aliphatic rings. The number of ether oxygens (including phenoxy) is 3. The van der Waals surface area contributed by atoms with Crippen LogP contribution in [0.15, 0.2) is 54.6 Å². The molecule has 25 heavy (non-hydrogen) atoms. The van der Waals surface area contributed by atoms with E-state index < -0.39 is 5.79 Å². The molecule has 2 aromatic carbocycles. The van der Waals surface area contributed by atoms with Crippen LogP contribution in [0.3, 0.4) is 0 Å². The van der Waals surface area contributed by atoms with Gasteiger partial charge in [-0.15, -0.1) is 0 Å². The van der Waals surface area contributed by atoms with Gasteiger partial charge < -0.3 is 14.2 Å². The highest BCUT2D eigenvalue weighted by Gasteiger charge is 2.33. The van der Waals surface area contributed by atoms with Crippen molar-refractivity contribution in [3.8, 4) is 0 Å². The molecule has 4 heteroatoms. The molecule has 0 spiro atoms. The average molecular weight is 338 g/mol. The minimum atomic E-state index is -0.607. The van der Waals surface area contributed by atoms with E-state index in [9.17, 15) is 4.79 Å². The van der Waals surface area contributed by atoms with Gasteiger partial charge in [0.05, 0.1) is 12.2 Å². The van der Waals surface area contributed by atoms with Crippen molar-refractivity contribution in [3.63, 3.8) is 0 Å². The summed E-state index contributed by atoms with van der Waals surface area (Å²) in [6.07, 6.45) is 3.83. The topological polar surface area (TPSA) is 44.8 Å². The van der Waals surface area contributed by atoms with Crippen LogP contribution in [-0.2, 0) is 14.2 Å². The van der Waals surface area contributed by atoms with Gasteiger partial charge in [-0.05, 0) is 37.1 Å². The molecule has 0 amide bonds. The van der Waals surface area contributed by atoms with E-state index in [2.05, 4.69) is 0 Å². The fourth-order valence-electron chi connectivity index (χ4n) is 2.58. The summed E-state index contributed by atoms with van der Waals surface area (Å²) in [5.74, 6) is -0.962. The number of benzene rings is 2. The molecule has 1 aliphatic heterocycles. The zero-order valence-corrected chi connectivity index (χ0v) is 14.5. The summed E-state index contributed by atoms with van der Waals surface area (Å²) in [7, 11) is 0. The molecule has 1 unspecified atom stereocenters. The molecular weight excluding hydrogens is 316 g/mol. The quantitative estimate of drug-likeness (QED) is 0.606. The highest BCUT2D eigenvalue weighted by atomic mass is 16.7. The molecule has 1 fully saturated rings. The van der Waals surface area contributed by atoms with Crippen molar-refractivity contribution in [1.29, 1.82) is 0 Å². The standard InChI is InChI=1S/C21H22O4/c1-21(2)24-15-19(25-21)14-23-20(22)18-12-10-17(11-13-18)9-8-16-6-4-3-5-7-16/h3-13,19H,14-15H2,1-2H3/b9-8+. The zero-order valence-electron chi connectivity index (χ0n) is 14.5. The van der Waals surface area contributed by atoms with E-state index in [0.29, 0.717) is 12.2 Å². The Morgan fingerprint density at radius 1 is 1.08 bits per heavy atom. The fourth-order valence-corrected chi connectivity index (χ4v) is 2.58. The highest BCUT2D eigenvalue weighted by Crippen LogP contribution is 2.22. The Balaban J connectivity index is 1.53. The number of carbonyl (C=O) groups excluding carboxylic acids is 1. The maximum Gasteiger partial charge on any atom is 0.338 e. The zero-order chi connectivity index (χ0) is 17.7. The van der Waals surface area contributed by atoms with Crippen LogP contribution in [0.25, 0.3) is 12.2 Å². The first-order valence-electron chi connectivity index (χ1n) is 8.34. The van der Waals surface area contributed by atoms with Crippen molar-refractivity contribution >= 4 is 18.1 Å². The van der Waals surface area contributed by atoms with Crippen molar-refractivity contribution in [2.24, 2.45) is 0 Å². The minimum Gasteiger partial charge on any atom is -0.459 e. The van der Waals surface area contributed by atoms with Crippen LogP contribution in [0.1, 0.15) is 35.3 Å². The Hall–Kier alpha value is -2.43. The van der Waals surface area contributed by atoms with Crippen LogP contribution in [0.2, 0.25) is 0 Å². The van der Waals surface area contributed by atoms with Crippen LogP contribution in [0, 0.1) is 0 Å². The van der Waals surface area contributed by atoms with Gasteiger partial charge in [-0.1, -0.05) is 54.6 Å². The van der Waals surface area contributed by atoms with Crippen LogP contribution in [0.5, 0.6) is 0 Å². The van der Waals surface area contributed by atoms with Gasteiger partial charge in [0.2, 0.25) is 0 Å². The predicted molar refractivity (Wildman–Crippen MR) is 97.0 cm³/mol. The first-order chi connectivity index (χ1) is 12.0. The number of hydrogen-bond acceptors (Lipinski definition) is 4. The lowest BCUT2D eigenvalue weighted by Crippen LogP contribution is -2.25. The summed E-state index contributed by atoms with van der Waals surface area (Å²) in [5.41, 5.74) is 2.68. The van der Waals surface area contributed by atoms with Gasteiger partial charge in [0, 0.05) is 0 Å². The summed E-state index contributed by atoms with van der Waals surface area (Å²) < 4.78 is 16.4. The second-order valence-corrected chi connectivity index (χ2v) is 6.42. The van der Waals surface area contributed by atoms with Crippen LogP contribution < -0.4 is 0 Å². The monoisotopic (exact) mass is 338 g/mol. The summed E-state index contributed by atoms with van der Waals surface area (Å²) >= 11 is 0. The summed E-state index contributed by atoms with van der Waals surface area (Å²) in [4.78, 5) is 12.1. The minimum absolute atomic E-state index is 0.192. The van der Waals surface area contributed by atoms with Gasteiger partial charge >= 0.3 is 5.97 Å². The van der Waals surface area contributed by atoms with Crippen LogP contribution in [-0.4, -0.2) is 31.1 Å². The second kappa shape index (κ2) is 7.64. The van der Waals surface area contributed by atoms with E-state index in [1.807, 2.05) is 68.5 Å². The smallest absolute Gasteiger partial charge is 0.338 e. The maximum absolute atomic E-state index is 12.1. The molecule has 1 heterocycles. The number of hydrogen-bond donors (Lipinski definition) is 0. The third kappa shape index (κ3) is 5.02. The first-order valence-corrected chi connectivity index (χ1v) is 8.34. The largest absolute Gasteiger partial charge is 0.459 e. The molecule has 1 atom stereocenters. The Morgan fingerprint density at radius 2 is 1.72 bits per heavy atom. The SMILES string of the molecule is CC1(C)OCC(COC(=O)c2ccc(/C=C/c3ccccc3)cc2)O1. The van der Waals surface area contributed by atoms with Gasteiger partial charge in [-0.25, -0.2) is 4.79 Å². The first kappa shape index (κ1) is 17.4. The molecule has 0 aliphatic carbocycles. The van der Waals surface area contributed by atoms with Gasteiger partial charge in [0.1, 0.15) is 12.7 Å². The van der Waals surface area contributed by atoms with Gasteiger partial charge in [-0.2, -0.15) is 0 Å². The van der Waals surface area contributed by atoms with Crippen molar-refractivity contribution < 1.29 is 19.0 Å². The van der Waals surface area contributed by atoms with Crippen LogP contribution >= 0.6 is 0 Å². The summed E-state index contributed by atoms with van der Waals surface area (Å²) in [5, 5.41) is 0. The molecule has 0 bridgehead atoms. The highest BCUT2D eigenvalue weighted by molar-refractivity contribution is 5.89. The van der Waals surface area contributed by atoms with Crippen LogP contribution in [0.4, 0.5) is 0 Å². The van der Waals surface area contributed by atoms with E-state index in [0.717, 1.165) is 11.1 Å². The Labute approximate surface area is 148 Å². The normalized spacial score (nSPS) is 19.2. The molecule has 0 radical (unpaired) electrons. The van der Waals surface area contributed by atoms with Crippen molar-refractivity contribution in [2.45, 2.75) is 25.7 Å². The van der Waals surface area contributed by atoms with E-state index in [-0.39, 0.29) is 18.7 Å². The second-order valence-electron chi connectivity index (χ2n) is 6.42. The van der Waals surface area contributed by atoms with E-state index in [4.69, 9.17) is 14.2 Å². The van der Waals surface area contributed by atoms with Crippen molar-refractivity contribution in [1.82, 2.24) is 0 Å². The van der Waals surface area contributed by atoms with Gasteiger partial charge in [0.25, 0.3) is 0 Å².